The maximum Gasteiger partial charge on any atom is 0.200 e. The average Bonchev–Trinajstić information content (AvgIpc) is 3.50. The predicted octanol–water partition coefficient (Wildman–Crippen LogP) is 9.41. The van der Waals surface area contributed by atoms with Crippen LogP contribution in [0.2, 0.25) is 0 Å². The van der Waals surface area contributed by atoms with Gasteiger partial charge >= 0.3 is 0 Å². The highest BCUT2D eigenvalue weighted by atomic mass is 16.3. The molecule has 0 atom stereocenters. The Balaban J connectivity index is 1.31. The van der Waals surface area contributed by atoms with Gasteiger partial charge < -0.3 is 8.98 Å². The summed E-state index contributed by atoms with van der Waals surface area (Å²) in [6.07, 6.45) is 3.84. The molecule has 0 aliphatic heterocycles. The van der Waals surface area contributed by atoms with Gasteiger partial charge in [-0.15, -0.1) is 0 Å². The average molecular weight is 555 g/mol. The molecule has 204 valence electrons. The smallest absolute Gasteiger partial charge is 0.200 e. The van der Waals surface area contributed by atoms with E-state index in [2.05, 4.69) is 90.1 Å². The number of aromatic nitrogens is 2. The Kier molecular flexibility index (Phi) is 4.79. The molecule has 5 aromatic carbocycles. The lowest BCUT2D eigenvalue weighted by molar-refractivity contribution is 0.660. The van der Waals surface area contributed by atoms with E-state index in [0.717, 1.165) is 22.3 Å². The lowest BCUT2D eigenvalue weighted by Crippen LogP contribution is -2.16. The van der Waals surface area contributed by atoms with Crippen LogP contribution in [0.15, 0.2) is 131 Å². The van der Waals surface area contributed by atoms with Gasteiger partial charge in [-0.25, -0.2) is 0 Å². The van der Waals surface area contributed by atoms with Crippen LogP contribution in [0, 0.1) is 0 Å². The summed E-state index contributed by atoms with van der Waals surface area (Å²) in [7, 11) is 0. The van der Waals surface area contributed by atoms with Gasteiger partial charge in [-0.3, -0.25) is 9.78 Å². The third kappa shape index (κ3) is 3.26. The van der Waals surface area contributed by atoms with Crippen molar-refractivity contribution in [2.45, 2.75) is 19.3 Å². The summed E-state index contributed by atoms with van der Waals surface area (Å²) in [6, 6.07) is 37.3. The second kappa shape index (κ2) is 8.52. The summed E-state index contributed by atoms with van der Waals surface area (Å²) >= 11 is 0. The van der Waals surface area contributed by atoms with Gasteiger partial charge in [-0.1, -0.05) is 80.6 Å². The van der Waals surface area contributed by atoms with Crippen molar-refractivity contribution in [3.8, 4) is 27.9 Å². The molecule has 43 heavy (non-hydrogen) atoms. The highest BCUT2D eigenvalue weighted by Gasteiger charge is 2.38. The second-order valence-electron chi connectivity index (χ2n) is 12.0. The van der Waals surface area contributed by atoms with Crippen LogP contribution in [-0.4, -0.2) is 9.55 Å². The minimum Gasteiger partial charge on any atom is -0.456 e. The number of nitrogens with zero attached hydrogens (tertiary/aromatic N) is 2. The van der Waals surface area contributed by atoms with Gasteiger partial charge in [0.25, 0.3) is 0 Å². The van der Waals surface area contributed by atoms with Crippen molar-refractivity contribution in [3.63, 3.8) is 0 Å². The Labute approximate surface area is 247 Å². The fourth-order valence-corrected chi connectivity index (χ4v) is 7.28. The molecule has 0 amide bonds. The second-order valence-corrected chi connectivity index (χ2v) is 12.0. The molecule has 0 unspecified atom stereocenters. The van der Waals surface area contributed by atoms with E-state index in [-0.39, 0.29) is 10.8 Å². The fraction of sp³-hybridized carbons (Fsp3) is 0.0769. The van der Waals surface area contributed by atoms with Crippen molar-refractivity contribution in [2.24, 2.45) is 0 Å². The van der Waals surface area contributed by atoms with Crippen LogP contribution in [0.3, 0.4) is 0 Å². The predicted molar refractivity (Wildman–Crippen MR) is 175 cm³/mol. The number of para-hydroxylation sites is 1. The molecule has 3 heterocycles. The minimum absolute atomic E-state index is 0.0133. The first-order valence-electron chi connectivity index (χ1n) is 14.6. The molecule has 8 aromatic rings. The highest BCUT2D eigenvalue weighted by molar-refractivity contribution is 6.13. The number of hydrogen-bond acceptors (Lipinski definition) is 3. The van der Waals surface area contributed by atoms with E-state index >= 15 is 0 Å². The largest absolute Gasteiger partial charge is 0.456 e. The maximum atomic E-state index is 13.4. The molecule has 3 aromatic heterocycles. The SMILES string of the molecule is CC1(C)c2ccccc2-c2ccc3c4ccncc4n(-c4cccc(-c5ccc6oc7ccccc7c(=O)c6c5)c4)c3c21. The van der Waals surface area contributed by atoms with Crippen molar-refractivity contribution in [1.29, 1.82) is 0 Å². The van der Waals surface area contributed by atoms with E-state index in [1.54, 1.807) is 0 Å². The highest BCUT2D eigenvalue weighted by Crippen LogP contribution is 2.52. The molecule has 0 fully saturated rings. The zero-order chi connectivity index (χ0) is 28.9. The van der Waals surface area contributed by atoms with Gasteiger partial charge in [0.2, 0.25) is 5.43 Å². The van der Waals surface area contributed by atoms with Crippen molar-refractivity contribution >= 4 is 43.7 Å². The maximum absolute atomic E-state index is 13.4. The molecule has 4 heteroatoms. The third-order valence-electron chi connectivity index (χ3n) is 9.26. The molecule has 0 spiro atoms. The first kappa shape index (κ1) is 24.2. The summed E-state index contributed by atoms with van der Waals surface area (Å²) in [6.45, 7) is 4.66. The van der Waals surface area contributed by atoms with E-state index in [4.69, 9.17) is 4.42 Å². The lowest BCUT2D eigenvalue weighted by atomic mass is 9.81. The quantitative estimate of drug-likeness (QED) is 0.200. The Morgan fingerprint density at radius 2 is 1.49 bits per heavy atom. The zero-order valence-electron chi connectivity index (χ0n) is 23.8. The van der Waals surface area contributed by atoms with Crippen molar-refractivity contribution in [1.82, 2.24) is 9.55 Å². The molecule has 4 nitrogen and oxygen atoms in total. The van der Waals surface area contributed by atoms with Crippen LogP contribution in [-0.2, 0) is 5.41 Å². The standard InChI is InChI=1S/C39H26N2O2/c1-39(2)32-12-5-3-10-26(32)28-15-16-29-27-18-19-40-22-33(27)41(37(29)36(28)39)25-9-7-8-23(20-25)24-14-17-35-31(21-24)38(42)30-11-4-6-13-34(30)43-35/h3-22H,1-2H3. The van der Waals surface area contributed by atoms with Gasteiger partial charge in [0.15, 0.2) is 0 Å². The lowest BCUT2D eigenvalue weighted by Gasteiger charge is -2.23. The Bertz CT molecular complexity index is 2510. The summed E-state index contributed by atoms with van der Waals surface area (Å²) < 4.78 is 8.45. The Morgan fingerprint density at radius 1 is 0.674 bits per heavy atom. The van der Waals surface area contributed by atoms with Crippen LogP contribution in [0.1, 0.15) is 25.0 Å². The van der Waals surface area contributed by atoms with Gasteiger partial charge in [-0.2, -0.15) is 0 Å². The summed E-state index contributed by atoms with van der Waals surface area (Å²) in [5, 5.41) is 3.58. The molecule has 0 saturated heterocycles. The summed E-state index contributed by atoms with van der Waals surface area (Å²) in [5.74, 6) is 0. The van der Waals surface area contributed by atoms with Gasteiger partial charge in [-0.05, 0) is 75.8 Å². The first-order chi connectivity index (χ1) is 21.0. The van der Waals surface area contributed by atoms with Gasteiger partial charge in [0.05, 0.1) is 28.0 Å². The summed E-state index contributed by atoms with van der Waals surface area (Å²) in [5.41, 5.74) is 11.6. The van der Waals surface area contributed by atoms with E-state index in [1.165, 1.54) is 38.5 Å². The van der Waals surface area contributed by atoms with Crippen molar-refractivity contribution in [3.05, 3.63) is 143 Å². The number of hydrogen-bond donors (Lipinski definition) is 0. The van der Waals surface area contributed by atoms with Crippen LogP contribution in [0.5, 0.6) is 0 Å². The van der Waals surface area contributed by atoms with Gasteiger partial charge in [0.1, 0.15) is 11.2 Å². The number of rotatable bonds is 2. The number of fused-ring (bicyclic) bond motifs is 9. The van der Waals surface area contributed by atoms with E-state index in [1.807, 2.05) is 54.9 Å². The van der Waals surface area contributed by atoms with E-state index < -0.39 is 0 Å². The number of pyridine rings is 1. The molecular weight excluding hydrogens is 528 g/mol. The molecular formula is C39H26N2O2. The molecule has 1 aliphatic carbocycles. The molecule has 0 saturated carbocycles. The van der Waals surface area contributed by atoms with Crippen molar-refractivity contribution < 1.29 is 4.42 Å². The zero-order valence-corrected chi connectivity index (χ0v) is 23.8. The topological polar surface area (TPSA) is 48.0 Å². The minimum atomic E-state index is -0.169. The van der Waals surface area contributed by atoms with Crippen LogP contribution in [0.4, 0.5) is 0 Å². The third-order valence-corrected chi connectivity index (χ3v) is 9.26. The fourth-order valence-electron chi connectivity index (χ4n) is 7.28. The van der Waals surface area contributed by atoms with E-state index in [9.17, 15) is 4.79 Å². The summed E-state index contributed by atoms with van der Waals surface area (Å²) in [4.78, 5) is 18.0. The molecule has 0 N–H and O–H groups in total. The van der Waals surface area contributed by atoms with Crippen LogP contribution in [0.25, 0.3) is 71.7 Å². The number of benzene rings is 5. The Morgan fingerprint density at radius 3 is 2.42 bits per heavy atom. The normalized spacial score (nSPS) is 13.6. The molecule has 0 radical (unpaired) electrons. The van der Waals surface area contributed by atoms with Gasteiger partial charge in [0, 0.05) is 28.1 Å². The van der Waals surface area contributed by atoms with Crippen LogP contribution < -0.4 is 5.43 Å². The van der Waals surface area contributed by atoms with Crippen LogP contribution >= 0.6 is 0 Å². The van der Waals surface area contributed by atoms with Crippen molar-refractivity contribution in [2.75, 3.05) is 0 Å². The first-order valence-corrected chi connectivity index (χ1v) is 14.6. The Hall–Kier alpha value is -5.48. The molecule has 0 bridgehead atoms. The van der Waals surface area contributed by atoms with E-state index in [0.29, 0.717) is 21.9 Å². The molecule has 9 rings (SSSR count). The molecule has 1 aliphatic rings. The monoisotopic (exact) mass is 554 g/mol.